The van der Waals surface area contributed by atoms with Gasteiger partial charge in [-0.1, -0.05) is 23.9 Å². The number of benzene rings is 2. The van der Waals surface area contributed by atoms with E-state index in [2.05, 4.69) is 20.8 Å². The number of carbonyl (C=O) groups is 2. The maximum Gasteiger partial charge on any atom is 0.418 e. The first-order chi connectivity index (χ1) is 15.0. The summed E-state index contributed by atoms with van der Waals surface area (Å²) >= 11 is 0.908. The molecule has 1 saturated heterocycles. The van der Waals surface area contributed by atoms with Crippen LogP contribution in [0.15, 0.2) is 52.7 Å². The van der Waals surface area contributed by atoms with Gasteiger partial charge in [-0.05, 0) is 31.2 Å². The zero-order chi connectivity index (χ0) is 23.5. The fourth-order valence-electron chi connectivity index (χ4n) is 2.80. The Labute approximate surface area is 184 Å². The van der Waals surface area contributed by atoms with Crippen LogP contribution in [0.5, 0.6) is 11.5 Å². The number of halogens is 3. The zero-order valence-corrected chi connectivity index (χ0v) is 17.3. The number of aromatic hydroxyl groups is 2. The number of rotatable bonds is 5. The highest BCUT2D eigenvalue weighted by Gasteiger charge is 2.35. The fraction of sp³-hybridized carbons (Fsp3) is 0.200. The molecule has 0 spiro atoms. The lowest BCUT2D eigenvalue weighted by Crippen LogP contribution is -2.28. The van der Waals surface area contributed by atoms with Crippen LogP contribution in [-0.2, 0) is 15.8 Å². The van der Waals surface area contributed by atoms with Gasteiger partial charge in [0.05, 0.1) is 17.0 Å². The molecule has 32 heavy (non-hydrogen) atoms. The van der Waals surface area contributed by atoms with Crippen LogP contribution in [0.2, 0.25) is 0 Å². The van der Waals surface area contributed by atoms with Crippen LogP contribution >= 0.6 is 11.8 Å². The quantitative estimate of drug-likeness (QED) is 0.397. The molecule has 4 N–H and O–H groups in total. The fourth-order valence-corrected chi connectivity index (χ4v) is 3.71. The van der Waals surface area contributed by atoms with Crippen LogP contribution in [0.1, 0.15) is 24.5 Å². The molecule has 0 aliphatic carbocycles. The Balaban J connectivity index is 1.65. The van der Waals surface area contributed by atoms with Crippen molar-refractivity contribution >= 4 is 40.1 Å². The minimum Gasteiger partial charge on any atom is -0.508 e. The molecule has 2 aromatic carbocycles. The molecule has 1 aliphatic heterocycles. The Hall–Kier alpha value is -3.54. The summed E-state index contributed by atoms with van der Waals surface area (Å²) in [5, 5.41) is 30.8. The molecule has 0 saturated carbocycles. The predicted molar refractivity (Wildman–Crippen MR) is 114 cm³/mol. The minimum absolute atomic E-state index is 0.0982. The number of thioether (sulfide) groups is 1. The summed E-state index contributed by atoms with van der Waals surface area (Å²) in [6.07, 6.45) is -5.01. The Bertz CT molecular complexity index is 1120. The predicted octanol–water partition coefficient (Wildman–Crippen LogP) is 3.46. The van der Waals surface area contributed by atoms with Crippen LogP contribution in [0, 0.1) is 0 Å². The molecule has 1 atom stereocenters. The molecule has 12 heteroatoms. The molecule has 8 nitrogen and oxygen atoms in total. The molecule has 1 aliphatic rings. The minimum atomic E-state index is -4.63. The number of phenols is 2. The third-order valence-corrected chi connectivity index (χ3v) is 5.39. The first-order valence-corrected chi connectivity index (χ1v) is 10.0. The molecule has 2 amide bonds. The first kappa shape index (κ1) is 23.1. The van der Waals surface area contributed by atoms with E-state index in [4.69, 9.17) is 0 Å². The number of phenolic OH excluding ortho intramolecular Hbond substituents is 2. The van der Waals surface area contributed by atoms with Crippen molar-refractivity contribution in [3.63, 3.8) is 0 Å². The van der Waals surface area contributed by atoms with Crippen LogP contribution in [0.4, 0.5) is 18.9 Å². The smallest absolute Gasteiger partial charge is 0.418 e. The number of nitrogens with one attached hydrogen (secondary N) is 2. The second kappa shape index (κ2) is 9.30. The number of nitrogens with zero attached hydrogens (tertiary/aromatic N) is 2. The van der Waals surface area contributed by atoms with Gasteiger partial charge in [-0.15, -0.1) is 5.10 Å². The number of anilines is 1. The van der Waals surface area contributed by atoms with Crippen LogP contribution in [0.3, 0.4) is 0 Å². The lowest BCUT2D eigenvalue weighted by atomic mass is 10.1. The molecule has 1 heterocycles. The molecule has 0 radical (unpaired) electrons. The maximum atomic E-state index is 13.1. The van der Waals surface area contributed by atoms with Crippen molar-refractivity contribution in [2.45, 2.75) is 24.8 Å². The molecule has 3 rings (SSSR count). The van der Waals surface area contributed by atoms with Crippen molar-refractivity contribution in [1.29, 1.82) is 0 Å². The summed E-state index contributed by atoms with van der Waals surface area (Å²) in [6, 6.07) is 8.49. The van der Waals surface area contributed by atoms with Gasteiger partial charge in [0.1, 0.15) is 16.7 Å². The summed E-state index contributed by atoms with van der Waals surface area (Å²) in [7, 11) is 0. The van der Waals surface area contributed by atoms with Crippen molar-refractivity contribution in [3.8, 4) is 11.5 Å². The average molecular weight is 466 g/mol. The largest absolute Gasteiger partial charge is 0.508 e. The van der Waals surface area contributed by atoms with E-state index in [0.717, 1.165) is 30.0 Å². The lowest BCUT2D eigenvalue weighted by Gasteiger charge is -2.14. The molecule has 168 valence electrons. The van der Waals surface area contributed by atoms with Gasteiger partial charge in [-0.25, -0.2) is 0 Å². The number of para-hydroxylation sites is 1. The standard InChI is InChI=1S/C20H17F3N4O4S/c1-10(12-7-6-11(28)8-15(12)29)26-27-19-25-18(31)16(32-19)9-17(30)24-14-5-3-2-4-13(14)20(21,22)23/h2-8,16,28-29H,9H2,1H3,(H,24,30)(H,25,27,31). The highest BCUT2D eigenvalue weighted by atomic mass is 32.2. The molecular weight excluding hydrogens is 449 g/mol. The maximum absolute atomic E-state index is 13.1. The Morgan fingerprint density at radius 1 is 1.22 bits per heavy atom. The van der Waals surface area contributed by atoms with E-state index in [-0.39, 0.29) is 23.1 Å². The third kappa shape index (κ3) is 5.58. The first-order valence-electron chi connectivity index (χ1n) is 9.13. The zero-order valence-electron chi connectivity index (χ0n) is 16.5. The number of amidine groups is 1. The highest BCUT2D eigenvalue weighted by Crippen LogP contribution is 2.35. The van der Waals surface area contributed by atoms with Gasteiger partial charge in [0.2, 0.25) is 11.8 Å². The molecule has 2 aromatic rings. The number of hydrogen-bond donors (Lipinski definition) is 4. The van der Waals surface area contributed by atoms with Gasteiger partial charge < -0.3 is 20.8 Å². The van der Waals surface area contributed by atoms with Gasteiger partial charge in [0.25, 0.3) is 0 Å². The Morgan fingerprint density at radius 3 is 2.62 bits per heavy atom. The lowest BCUT2D eigenvalue weighted by molar-refractivity contribution is -0.137. The molecule has 0 bridgehead atoms. The molecule has 0 aromatic heterocycles. The van der Waals surface area contributed by atoms with E-state index in [9.17, 15) is 33.0 Å². The number of amides is 2. The summed E-state index contributed by atoms with van der Waals surface area (Å²) in [4.78, 5) is 24.3. The highest BCUT2D eigenvalue weighted by molar-refractivity contribution is 8.15. The van der Waals surface area contributed by atoms with E-state index < -0.39 is 34.5 Å². The van der Waals surface area contributed by atoms with Crippen LogP contribution in [0.25, 0.3) is 0 Å². The van der Waals surface area contributed by atoms with E-state index in [1.165, 1.54) is 24.3 Å². The second-order valence-electron chi connectivity index (χ2n) is 6.68. The molecule has 1 unspecified atom stereocenters. The number of alkyl halides is 3. The van der Waals surface area contributed by atoms with Gasteiger partial charge in [0.15, 0.2) is 5.17 Å². The van der Waals surface area contributed by atoms with Gasteiger partial charge in [0, 0.05) is 18.1 Å². The van der Waals surface area contributed by atoms with E-state index in [1.54, 1.807) is 6.92 Å². The van der Waals surface area contributed by atoms with Gasteiger partial charge in [-0.2, -0.15) is 18.3 Å². The van der Waals surface area contributed by atoms with Crippen LogP contribution in [-0.4, -0.2) is 38.2 Å². The Kier molecular flexibility index (Phi) is 6.72. The van der Waals surface area contributed by atoms with Crippen molar-refractivity contribution in [1.82, 2.24) is 5.32 Å². The summed E-state index contributed by atoms with van der Waals surface area (Å²) in [6.45, 7) is 1.56. The summed E-state index contributed by atoms with van der Waals surface area (Å²) in [5.41, 5.74) is -0.756. The average Bonchev–Trinajstić information content (AvgIpc) is 3.05. The topological polar surface area (TPSA) is 123 Å². The second-order valence-corrected chi connectivity index (χ2v) is 7.87. The molecule has 1 fully saturated rings. The normalized spacial score (nSPS) is 18.0. The van der Waals surface area contributed by atoms with Crippen molar-refractivity contribution in [3.05, 3.63) is 53.6 Å². The monoisotopic (exact) mass is 466 g/mol. The van der Waals surface area contributed by atoms with Gasteiger partial charge in [-0.3, -0.25) is 9.59 Å². The Morgan fingerprint density at radius 2 is 1.94 bits per heavy atom. The number of hydrogen-bond acceptors (Lipinski definition) is 7. The van der Waals surface area contributed by atoms with E-state index in [1.807, 2.05) is 0 Å². The van der Waals surface area contributed by atoms with E-state index in [0.29, 0.717) is 11.3 Å². The van der Waals surface area contributed by atoms with Crippen molar-refractivity contribution in [2.24, 2.45) is 10.2 Å². The third-order valence-electron chi connectivity index (χ3n) is 4.32. The SMILES string of the molecule is CC(=N/N=C1/NC(=O)C(CC(=O)Nc2ccccc2C(F)(F)F)S1)c1ccc(O)cc1O. The van der Waals surface area contributed by atoms with Crippen molar-refractivity contribution in [2.75, 3.05) is 5.32 Å². The van der Waals surface area contributed by atoms with Crippen LogP contribution < -0.4 is 10.6 Å². The van der Waals surface area contributed by atoms with E-state index >= 15 is 0 Å². The summed E-state index contributed by atoms with van der Waals surface area (Å²) in [5.74, 6) is -1.62. The summed E-state index contributed by atoms with van der Waals surface area (Å²) < 4.78 is 39.2. The van der Waals surface area contributed by atoms with Gasteiger partial charge >= 0.3 is 6.18 Å². The van der Waals surface area contributed by atoms with Crippen molar-refractivity contribution < 1.29 is 33.0 Å². The molecular formula is C20H17F3N4O4S. The number of carbonyl (C=O) groups excluding carboxylic acids is 2.